The van der Waals surface area contributed by atoms with Crippen LogP contribution in [0.4, 0.5) is 19.0 Å². The summed E-state index contributed by atoms with van der Waals surface area (Å²) in [5.74, 6) is -0.00391. The number of aromatic nitrogens is 3. The lowest BCUT2D eigenvalue weighted by Crippen LogP contribution is -2.19. The maximum absolute atomic E-state index is 13.4. The van der Waals surface area contributed by atoms with Crippen LogP contribution in [0.3, 0.4) is 0 Å². The minimum Gasteiger partial charge on any atom is -0.455 e. The summed E-state index contributed by atoms with van der Waals surface area (Å²) in [7, 11) is -4.04. The number of nitrogens with one attached hydrogen (secondary N) is 1. The fraction of sp³-hybridized carbons (Fsp3) is 0.0500. The number of hydrogen-bond acceptors (Lipinski definition) is 7. The van der Waals surface area contributed by atoms with E-state index in [1.165, 1.54) is 52.6 Å². The molecular weight excluding hydrogens is 515 g/mol. The lowest BCUT2D eigenvalue weighted by atomic mass is 10.1. The molecule has 0 saturated heterocycles. The van der Waals surface area contributed by atoms with Gasteiger partial charge in [-0.3, -0.25) is 4.72 Å². The van der Waals surface area contributed by atoms with Crippen molar-refractivity contribution < 1.29 is 26.3 Å². The molecule has 4 aromatic rings. The highest BCUT2D eigenvalue weighted by Gasteiger charge is 2.35. The van der Waals surface area contributed by atoms with Crippen molar-refractivity contribution in [2.24, 2.45) is 0 Å². The summed E-state index contributed by atoms with van der Waals surface area (Å²) < 4.78 is 73.1. The Labute approximate surface area is 199 Å². The molecule has 0 aliphatic rings. The summed E-state index contributed by atoms with van der Waals surface area (Å²) in [4.78, 5) is 3.62. The standard InChI is InChI=1S/C20H11ClF3N5O3S2/c21-13-1-3-18(15(8-13)16-5-6-27-29(16)20(22,23)24)32-17-4-2-14(7-12(17)9-25)34(30,31)28-19-10-33-11-26-19/h1-8,10-11,28H. The van der Waals surface area contributed by atoms with E-state index < -0.39 is 16.3 Å². The maximum Gasteiger partial charge on any atom is 0.505 e. The summed E-state index contributed by atoms with van der Waals surface area (Å²) >= 11 is 7.19. The van der Waals surface area contributed by atoms with Gasteiger partial charge in [-0.1, -0.05) is 11.6 Å². The Morgan fingerprint density at radius 1 is 1.15 bits per heavy atom. The van der Waals surface area contributed by atoms with Gasteiger partial charge < -0.3 is 4.74 Å². The normalized spacial score (nSPS) is 11.7. The minimum absolute atomic E-state index is 0.0342. The van der Waals surface area contributed by atoms with Gasteiger partial charge in [0.25, 0.3) is 10.0 Å². The molecule has 174 valence electrons. The number of hydrogen-bond donors (Lipinski definition) is 1. The van der Waals surface area contributed by atoms with E-state index in [2.05, 4.69) is 14.8 Å². The third kappa shape index (κ3) is 4.84. The number of sulfonamides is 1. The van der Waals surface area contributed by atoms with Gasteiger partial charge in [0.05, 0.1) is 21.7 Å². The lowest BCUT2D eigenvalue weighted by molar-refractivity contribution is -0.211. The van der Waals surface area contributed by atoms with Crippen LogP contribution in [0.2, 0.25) is 5.02 Å². The van der Waals surface area contributed by atoms with E-state index in [0.717, 1.165) is 18.3 Å². The number of thiazole rings is 1. The van der Waals surface area contributed by atoms with Gasteiger partial charge >= 0.3 is 6.30 Å². The van der Waals surface area contributed by atoms with E-state index in [1.54, 1.807) is 0 Å². The molecule has 2 aromatic carbocycles. The third-order valence-electron chi connectivity index (χ3n) is 4.37. The molecule has 4 rings (SSSR count). The first-order chi connectivity index (χ1) is 16.1. The van der Waals surface area contributed by atoms with Crippen LogP contribution >= 0.6 is 22.9 Å². The first kappa shape index (κ1) is 23.6. The van der Waals surface area contributed by atoms with Crippen molar-refractivity contribution in [2.45, 2.75) is 11.2 Å². The Balaban J connectivity index is 1.72. The highest BCUT2D eigenvalue weighted by molar-refractivity contribution is 7.92. The highest BCUT2D eigenvalue weighted by atomic mass is 35.5. The van der Waals surface area contributed by atoms with E-state index in [9.17, 15) is 26.9 Å². The SMILES string of the molecule is N#Cc1cc(S(=O)(=O)Nc2cscn2)ccc1Oc1ccc(Cl)cc1-c1ccnn1C(F)(F)F. The molecule has 0 bridgehead atoms. The van der Waals surface area contributed by atoms with Gasteiger partial charge in [-0.2, -0.15) is 15.0 Å². The van der Waals surface area contributed by atoms with Crippen molar-refractivity contribution in [1.29, 1.82) is 5.26 Å². The predicted molar refractivity (Wildman–Crippen MR) is 118 cm³/mol. The third-order valence-corrected chi connectivity index (χ3v) is 6.55. The molecule has 0 unspecified atom stereocenters. The number of ether oxygens (including phenoxy) is 1. The zero-order valence-corrected chi connectivity index (χ0v) is 19.0. The molecule has 8 nitrogen and oxygen atoms in total. The van der Waals surface area contributed by atoms with Crippen LogP contribution in [0, 0.1) is 11.3 Å². The molecule has 0 saturated carbocycles. The van der Waals surface area contributed by atoms with E-state index in [-0.39, 0.29) is 48.7 Å². The largest absolute Gasteiger partial charge is 0.505 e. The summed E-state index contributed by atoms with van der Waals surface area (Å²) in [6.45, 7) is 0. The van der Waals surface area contributed by atoms with Crippen molar-refractivity contribution in [1.82, 2.24) is 14.8 Å². The minimum atomic E-state index is -4.80. The van der Waals surface area contributed by atoms with Crippen LogP contribution in [0.15, 0.2) is 64.4 Å². The number of nitrogens with zero attached hydrogens (tertiary/aromatic N) is 4. The van der Waals surface area contributed by atoms with Gasteiger partial charge in [-0.25, -0.2) is 13.4 Å². The average molecular weight is 526 g/mol. The van der Waals surface area contributed by atoms with E-state index in [1.807, 2.05) is 6.07 Å². The molecule has 1 N–H and O–H groups in total. The van der Waals surface area contributed by atoms with E-state index in [4.69, 9.17) is 16.3 Å². The number of alkyl halides is 3. The molecule has 0 aliphatic carbocycles. The fourth-order valence-electron chi connectivity index (χ4n) is 2.93. The molecule has 0 atom stereocenters. The second-order valence-electron chi connectivity index (χ2n) is 6.59. The second kappa shape index (κ2) is 8.98. The van der Waals surface area contributed by atoms with Crippen molar-refractivity contribution in [3.63, 3.8) is 0 Å². The van der Waals surface area contributed by atoms with Gasteiger partial charge in [0.15, 0.2) is 5.82 Å². The summed E-state index contributed by atoms with van der Waals surface area (Å²) in [6, 6.07) is 10.5. The lowest BCUT2D eigenvalue weighted by Gasteiger charge is -2.16. The first-order valence-electron chi connectivity index (χ1n) is 9.12. The Morgan fingerprint density at radius 3 is 2.59 bits per heavy atom. The van der Waals surface area contributed by atoms with Crippen molar-refractivity contribution in [3.05, 3.63) is 70.1 Å². The molecule has 0 aliphatic heterocycles. The van der Waals surface area contributed by atoms with Gasteiger partial charge in [0.1, 0.15) is 17.6 Å². The Bertz CT molecular complexity index is 1500. The fourth-order valence-corrected chi connectivity index (χ4v) is 4.69. The quantitative estimate of drug-likeness (QED) is 0.351. The smallest absolute Gasteiger partial charge is 0.455 e. The van der Waals surface area contributed by atoms with Gasteiger partial charge in [0, 0.05) is 22.2 Å². The topological polar surface area (TPSA) is 110 Å². The van der Waals surface area contributed by atoms with Crippen LogP contribution < -0.4 is 9.46 Å². The molecule has 0 radical (unpaired) electrons. The molecule has 34 heavy (non-hydrogen) atoms. The summed E-state index contributed by atoms with van der Waals surface area (Å²) in [6.07, 6.45) is -3.82. The average Bonchev–Trinajstić information content (AvgIpc) is 3.46. The van der Waals surface area contributed by atoms with Crippen LogP contribution in [-0.4, -0.2) is 23.2 Å². The van der Waals surface area contributed by atoms with Crippen LogP contribution in [0.25, 0.3) is 11.3 Å². The van der Waals surface area contributed by atoms with Crippen LogP contribution in [0.1, 0.15) is 5.56 Å². The van der Waals surface area contributed by atoms with Gasteiger partial charge in [-0.05, 0) is 42.5 Å². The van der Waals surface area contributed by atoms with Crippen molar-refractivity contribution >= 4 is 38.8 Å². The van der Waals surface area contributed by atoms with Gasteiger partial charge in [-0.15, -0.1) is 24.5 Å². The zero-order chi connectivity index (χ0) is 24.5. The zero-order valence-electron chi connectivity index (χ0n) is 16.6. The number of nitriles is 1. The Kier molecular flexibility index (Phi) is 6.22. The molecule has 0 fully saturated rings. The number of benzene rings is 2. The predicted octanol–water partition coefficient (Wildman–Crippen LogP) is 5.60. The molecular formula is C20H11ClF3N5O3S2. The van der Waals surface area contributed by atoms with E-state index >= 15 is 0 Å². The Hall–Kier alpha value is -3.60. The number of halogens is 4. The van der Waals surface area contributed by atoms with Crippen molar-refractivity contribution in [2.75, 3.05) is 4.72 Å². The highest BCUT2D eigenvalue weighted by Crippen LogP contribution is 2.39. The molecule has 14 heteroatoms. The molecule has 0 spiro atoms. The van der Waals surface area contributed by atoms with Gasteiger partial charge in [0.2, 0.25) is 0 Å². The molecule has 2 aromatic heterocycles. The first-order valence-corrected chi connectivity index (χ1v) is 11.9. The Morgan fingerprint density at radius 2 is 1.91 bits per heavy atom. The summed E-state index contributed by atoms with van der Waals surface area (Å²) in [5.41, 5.74) is 0.916. The van der Waals surface area contributed by atoms with Crippen LogP contribution in [-0.2, 0) is 16.3 Å². The summed E-state index contributed by atoms with van der Waals surface area (Å²) in [5, 5.41) is 14.5. The second-order valence-corrected chi connectivity index (χ2v) is 9.43. The van der Waals surface area contributed by atoms with Crippen LogP contribution in [0.5, 0.6) is 11.5 Å². The van der Waals surface area contributed by atoms with E-state index in [0.29, 0.717) is 0 Å². The molecule has 0 amide bonds. The monoisotopic (exact) mass is 525 g/mol. The number of anilines is 1. The van der Waals surface area contributed by atoms with Crippen molar-refractivity contribution in [3.8, 4) is 28.8 Å². The maximum atomic E-state index is 13.4. The molecule has 2 heterocycles. The number of rotatable bonds is 6.